The molecule has 0 saturated carbocycles. The molecule has 24 heavy (non-hydrogen) atoms. The second-order valence-electron chi connectivity index (χ2n) is 5.55. The van der Waals surface area contributed by atoms with Gasteiger partial charge in [-0.2, -0.15) is 5.10 Å². The third kappa shape index (κ3) is 3.53. The van der Waals surface area contributed by atoms with E-state index < -0.39 is 5.54 Å². The van der Waals surface area contributed by atoms with Gasteiger partial charge in [0, 0.05) is 0 Å². The van der Waals surface area contributed by atoms with Gasteiger partial charge in [-0.3, -0.25) is 19.5 Å². The quantitative estimate of drug-likeness (QED) is 0.174. The molecule has 9 nitrogen and oxygen atoms in total. The summed E-state index contributed by atoms with van der Waals surface area (Å²) in [5, 5.41) is 10.9. The lowest BCUT2D eigenvalue weighted by Gasteiger charge is -2.38. The molecule has 6 N–H and O–H groups in total. The van der Waals surface area contributed by atoms with E-state index in [0.717, 1.165) is 4.90 Å². The number of imide groups is 1. The molecule has 1 aromatic rings. The number of piperidine rings is 1. The lowest BCUT2D eigenvalue weighted by atomic mass is 9.87. The number of amides is 2. The minimum Gasteiger partial charge on any atom is -0.322 e. The molecule has 1 fully saturated rings. The maximum Gasteiger partial charge on any atom is 0.253 e. The minimum atomic E-state index is -0.761. The summed E-state index contributed by atoms with van der Waals surface area (Å²) in [4.78, 5) is 25.7. The topological polar surface area (TPSA) is 129 Å². The van der Waals surface area contributed by atoms with Gasteiger partial charge in [-0.05, 0) is 51.2 Å². The van der Waals surface area contributed by atoms with E-state index in [2.05, 4.69) is 15.7 Å². The molecule has 0 aromatic heterocycles. The van der Waals surface area contributed by atoms with Crippen LogP contribution in [0.2, 0.25) is 0 Å². The van der Waals surface area contributed by atoms with Gasteiger partial charge in [0.15, 0.2) is 0 Å². The van der Waals surface area contributed by atoms with Crippen LogP contribution >= 0.6 is 0 Å². The first-order valence-electron chi connectivity index (χ1n) is 7.64. The van der Waals surface area contributed by atoms with E-state index >= 15 is 0 Å². The van der Waals surface area contributed by atoms with Crippen LogP contribution in [-0.2, 0) is 9.59 Å². The van der Waals surface area contributed by atoms with E-state index in [9.17, 15) is 9.59 Å². The van der Waals surface area contributed by atoms with Crippen molar-refractivity contribution in [3.05, 3.63) is 24.3 Å². The van der Waals surface area contributed by atoms with Gasteiger partial charge < -0.3 is 16.5 Å². The molecule has 0 spiro atoms. The zero-order chi connectivity index (χ0) is 17.6. The molecule has 0 unspecified atom stereocenters. The summed E-state index contributed by atoms with van der Waals surface area (Å²) < 4.78 is 0. The first kappa shape index (κ1) is 17.9. The predicted octanol–water partition coefficient (Wildman–Crippen LogP) is -0.900. The van der Waals surface area contributed by atoms with Crippen LogP contribution in [0.5, 0.6) is 0 Å². The molecule has 0 atom stereocenters. The number of likely N-dealkylation sites (N-methyl/N-ethyl adjacent to an activating group) is 1. The molecule has 1 aliphatic heterocycles. The molecule has 2 amide bonds. The Morgan fingerprint density at radius 2 is 2.04 bits per heavy atom. The third-order valence-corrected chi connectivity index (χ3v) is 4.27. The number of hydrogen-bond acceptors (Lipinski definition) is 7. The van der Waals surface area contributed by atoms with Crippen molar-refractivity contribution < 1.29 is 9.59 Å². The highest BCUT2D eigenvalue weighted by Crippen LogP contribution is 2.26. The van der Waals surface area contributed by atoms with Crippen LogP contribution in [0.4, 0.5) is 11.4 Å². The number of nitrogens with zero attached hydrogens (tertiary/aromatic N) is 3. The number of carbonyl (C=O) groups excluding carboxylic acids is 2. The number of rotatable bonds is 6. The number of hydrazine groups is 1. The number of nitrogens with two attached hydrogens (primary N) is 2. The summed E-state index contributed by atoms with van der Waals surface area (Å²) >= 11 is 0. The van der Waals surface area contributed by atoms with Crippen molar-refractivity contribution in [2.45, 2.75) is 18.4 Å². The fraction of sp³-hybridized carbons (Fsp3) is 0.400. The monoisotopic (exact) mass is 333 g/mol. The molecule has 9 heteroatoms. The molecule has 0 aliphatic carbocycles. The van der Waals surface area contributed by atoms with Gasteiger partial charge in [-0.1, -0.05) is 6.07 Å². The van der Waals surface area contributed by atoms with Gasteiger partial charge in [-0.25, -0.2) is 5.84 Å². The first-order valence-corrected chi connectivity index (χ1v) is 7.64. The Morgan fingerprint density at radius 3 is 2.62 bits per heavy atom. The van der Waals surface area contributed by atoms with Crippen molar-refractivity contribution >= 4 is 30.0 Å². The second-order valence-corrected chi connectivity index (χ2v) is 5.55. The van der Waals surface area contributed by atoms with Gasteiger partial charge >= 0.3 is 0 Å². The molecule has 2 rings (SSSR count). The summed E-state index contributed by atoms with van der Waals surface area (Å²) in [7, 11) is 1.74. The van der Waals surface area contributed by atoms with Crippen molar-refractivity contribution in [3.8, 4) is 0 Å². The average molecular weight is 333 g/mol. The summed E-state index contributed by atoms with van der Waals surface area (Å²) in [6.45, 7) is 1.42. The summed E-state index contributed by atoms with van der Waals surface area (Å²) in [6.07, 6.45) is 2.97. The van der Waals surface area contributed by atoms with Crippen LogP contribution in [0.3, 0.4) is 0 Å². The SMILES string of the molecule is CNC1(C(=O)N(C=O)c2cccc(N(N)/C=N\N)c2)CCNCC1. The smallest absolute Gasteiger partial charge is 0.253 e. The fourth-order valence-corrected chi connectivity index (χ4v) is 2.82. The molecule has 1 saturated heterocycles. The van der Waals surface area contributed by atoms with E-state index in [4.69, 9.17) is 11.7 Å². The molecule has 130 valence electrons. The molecular formula is C15H23N7O2. The lowest BCUT2D eigenvalue weighted by molar-refractivity contribution is -0.128. The van der Waals surface area contributed by atoms with Gasteiger partial charge in [0.2, 0.25) is 6.41 Å². The number of hydrazone groups is 1. The van der Waals surface area contributed by atoms with E-state index in [1.165, 1.54) is 11.3 Å². The summed E-state index contributed by atoms with van der Waals surface area (Å²) in [5.41, 5.74) is 0.218. The molecule has 1 heterocycles. The summed E-state index contributed by atoms with van der Waals surface area (Å²) in [6, 6.07) is 6.72. The molecule has 1 aliphatic rings. The standard InChI is InChI=1S/C15H23N7O2/c1-18-15(5-7-19-8-6-15)14(24)21(11-23)12-3-2-4-13(9-12)22(17)10-20-16/h2-4,9-11,18-19H,5-8,16-17H2,1H3/b20-10-. The van der Waals surface area contributed by atoms with Crippen molar-refractivity contribution in [2.75, 3.05) is 30.0 Å². The van der Waals surface area contributed by atoms with Gasteiger partial charge in [0.05, 0.1) is 11.4 Å². The van der Waals surface area contributed by atoms with E-state index in [1.807, 2.05) is 0 Å². The lowest BCUT2D eigenvalue weighted by Crippen LogP contribution is -2.61. The number of anilines is 2. The van der Waals surface area contributed by atoms with Gasteiger partial charge in [-0.15, -0.1) is 0 Å². The van der Waals surface area contributed by atoms with Crippen molar-refractivity contribution in [2.24, 2.45) is 16.8 Å². The fourth-order valence-electron chi connectivity index (χ4n) is 2.82. The number of carbonyl (C=O) groups is 2. The van der Waals surface area contributed by atoms with E-state index in [-0.39, 0.29) is 5.91 Å². The molecule has 0 radical (unpaired) electrons. The van der Waals surface area contributed by atoms with Crippen molar-refractivity contribution in [3.63, 3.8) is 0 Å². The Kier molecular flexibility index (Phi) is 5.85. The highest BCUT2D eigenvalue weighted by Gasteiger charge is 2.41. The Bertz CT molecular complexity index is 614. The van der Waals surface area contributed by atoms with Crippen LogP contribution in [0.1, 0.15) is 12.8 Å². The minimum absolute atomic E-state index is 0.283. The van der Waals surface area contributed by atoms with Crippen LogP contribution in [0.15, 0.2) is 29.4 Å². The van der Waals surface area contributed by atoms with Crippen molar-refractivity contribution in [1.29, 1.82) is 0 Å². The Morgan fingerprint density at radius 1 is 1.38 bits per heavy atom. The zero-order valence-electron chi connectivity index (χ0n) is 13.6. The predicted molar refractivity (Wildman–Crippen MR) is 93.2 cm³/mol. The average Bonchev–Trinajstić information content (AvgIpc) is 2.63. The normalized spacial score (nSPS) is 16.8. The zero-order valence-corrected chi connectivity index (χ0v) is 13.6. The van der Waals surface area contributed by atoms with Crippen LogP contribution in [0.25, 0.3) is 0 Å². The highest BCUT2D eigenvalue weighted by molar-refractivity contribution is 6.11. The van der Waals surface area contributed by atoms with Crippen LogP contribution < -0.4 is 32.2 Å². The number of nitrogens with one attached hydrogen (secondary N) is 2. The maximum atomic E-state index is 13.0. The Labute approximate surface area is 140 Å². The molecule has 1 aromatic carbocycles. The van der Waals surface area contributed by atoms with E-state index in [0.29, 0.717) is 43.7 Å². The maximum absolute atomic E-state index is 13.0. The van der Waals surface area contributed by atoms with Crippen LogP contribution in [-0.4, -0.2) is 44.3 Å². The highest BCUT2D eigenvalue weighted by atomic mass is 16.2. The molecular weight excluding hydrogens is 310 g/mol. The van der Waals surface area contributed by atoms with E-state index in [1.54, 1.807) is 31.3 Å². The second kappa shape index (κ2) is 7.86. The first-order chi connectivity index (χ1) is 11.6. The Hall–Kier alpha value is -2.49. The molecule has 0 bridgehead atoms. The third-order valence-electron chi connectivity index (χ3n) is 4.27. The Balaban J connectivity index is 2.32. The number of hydrogen-bond donors (Lipinski definition) is 4. The largest absolute Gasteiger partial charge is 0.322 e. The summed E-state index contributed by atoms with van der Waals surface area (Å²) in [5.74, 6) is 10.6. The number of benzene rings is 1. The van der Waals surface area contributed by atoms with Gasteiger partial charge in [0.25, 0.3) is 5.91 Å². The van der Waals surface area contributed by atoms with Crippen LogP contribution in [0, 0.1) is 0 Å². The van der Waals surface area contributed by atoms with Crippen molar-refractivity contribution in [1.82, 2.24) is 10.6 Å². The van der Waals surface area contributed by atoms with Gasteiger partial charge in [0.1, 0.15) is 11.9 Å².